The lowest BCUT2D eigenvalue weighted by Crippen LogP contribution is -2.23. The zero-order valence-electron chi connectivity index (χ0n) is 11.5. The van der Waals surface area contributed by atoms with E-state index in [9.17, 15) is 9.59 Å². The van der Waals surface area contributed by atoms with Gasteiger partial charge in [-0.15, -0.1) is 11.3 Å². The molecule has 0 aliphatic carbocycles. The van der Waals surface area contributed by atoms with Crippen molar-refractivity contribution in [2.24, 2.45) is 0 Å². The highest BCUT2D eigenvalue weighted by Gasteiger charge is 2.21. The van der Waals surface area contributed by atoms with Gasteiger partial charge in [-0.2, -0.15) is 0 Å². The number of hydrogen-bond acceptors (Lipinski definition) is 5. The summed E-state index contributed by atoms with van der Waals surface area (Å²) in [6.07, 6.45) is 1.48. The van der Waals surface area contributed by atoms with E-state index in [4.69, 9.17) is 4.74 Å². The van der Waals surface area contributed by atoms with Gasteiger partial charge in [0.15, 0.2) is 5.69 Å². The Bertz CT molecular complexity index is 678. The number of ether oxygens (including phenoxy) is 1. The van der Waals surface area contributed by atoms with Gasteiger partial charge in [0.1, 0.15) is 5.75 Å². The highest BCUT2D eigenvalue weighted by atomic mass is 32.1. The molecule has 1 fully saturated rings. The van der Waals surface area contributed by atoms with E-state index in [1.54, 1.807) is 34.5 Å². The third-order valence-corrected chi connectivity index (χ3v) is 4.03. The van der Waals surface area contributed by atoms with Gasteiger partial charge in [-0.3, -0.25) is 4.79 Å². The largest absolute Gasteiger partial charge is 0.422 e. The fraction of sp³-hybridized carbons (Fsp3) is 0.267. The van der Waals surface area contributed by atoms with Gasteiger partial charge in [0, 0.05) is 24.0 Å². The molecule has 108 valence electrons. The predicted octanol–water partition coefficient (Wildman–Crippen LogP) is 2.80. The standard InChI is InChI=1S/C15H14N2O3S/c1-10-16-13(9-21-10)15(19)20-12-6-4-11(5-7-12)17-8-2-3-14(17)18/h4-7,9H,2-3,8H2,1H3. The fourth-order valence-electron chi connectivity index (χ4n) is 2.23. The molecule has 3 rings (SSSR count). The number of anilines is 1. The first-order valence-electron chi connectivity index (χ1n) is 6.68. The van der Waals surface area contributed by atoms with Crippen LogP contribution in [0.5, 0.6) is 5.75 Å². The van der Waals surface area contributed by atoms with Crippen molar-refractivity contribution in [1.29, 1.82) is 0 Å². The van der Waals surface area contributed by atoms with Gasteiger partial charge in [-0.25, -0.2) is 9.78 Å². The summed E-state index contributed by atoms with van der Waals surface area (Å²) in [7, 11) is 0. The zero-order valence-corrected chi connectivity index (χ0v) is 12.4. The summed E-state index contributed by atoms with van der Waals surface area (Å²) in [5.74, 6) is 0.114. The van der Waals surface area contributed by atoms with E-state index in [2.05, 4.69) is 4.98 Å². The van der Waals surface area contributed by atoms with Crippen molar-refractivity contribution < 1.29 is 14.3 Å². The molecule has 1 amide bonds. The number of benzene rings is 1. The number of hydrogen-bond donors (Lipinski definition) is 0. The van der Waals surface area contributed by atoms with E-state index in [1.807, 2.05) is 6.92 Å². The van der Waals surface area contributed by atoms with Crippen molar-refractivity contribution in [1.82, 2.24) is 4.98 Å². The topological polar surface area (TPSA) is 59.5 Å². The number of nitrogens with zero attached hydrogens (tertiary/aromatic N) is 2. The summed E-state index contributed by atoms with van der Waals surface area (Å²) in [6, 6.07) is 6.96. The van der Waals surface area contributed by atoms with Crippen LogP contribution in [0.15, 0.2) is 29.6 Å². The van der Waals surface area contributed by atoms with Crippen LogP contribution < -0.4 is 9.64 Å². The monoisotopic (exact) mass is 302 g/mol. The van der Waals surface area contributed by atoms with Crippen molar-refractivity contribution >= 4 is 28.9 Å². The molecule has 0 bridgehead atoms. The second-order valence-electron chi connectivity index (χ2n) is 4.78. The van der Waals surface area contributed by atoms with E-state index in [-0.39, 0.29) is 5.91 Å². The molecule has 1 aromatic heterocycles. The van der Waals surface area contributed by atoms with Gasteiger partial charge in [-0.05, 0) is 37.6 Å². The minimum Gasteiger partial charge on any atom is -0.422 e. The van der Waals surface area contributed by atoms with Crippen LogP contribution in [0.4, 0.5) is 5.69 Å². The molecule has 1 saturated heterocycles. The Balaban J connectivity index is 1.69. The molecule has 21 heavy (non-hydrogen) atoms. The SMILES string of the molecule is Cc1nc(C(=O)Oc2ccc(N3CCCC3=O)cc2)cs1. The second-order valence-corrected chi connectivity index (χ2v) is 5.85. The molecule has 5 nitrogen and oxygen atoms in total. The summed E-state index contributed by atoms with van der Waals surface area (Å²) < 4.78 is 5.26. The summed E-state index contributed by atoms with van der Waals surface area (Å²) in [5, 5.41) is 2.50. The maximum Gasteiger partial charge on any atom is 0.363 e. The molecular weight excluding hydrogens is 288 g/mol. The van der Waals surface area contributed by atoms with Gasteiger partial charge in [0.25, 0.3) is 0 Å². The minimum absolute atomic E-state index is 0.137. The van der Waals surface area contributed by atoms with Crippen molar-refractivity contribution in [3.63, 3.8) is 0 Å². The third kappa shape index (κ3) is 2.95. The van der Waals surface area contributed by atoms with Gasteiger partial charge in [0.2, 0.25) is 5.91 Å². The number of carbonyl (C=O) groups excluding carboxylic acids is 2. The number of carbonyl (C=O) groups is 2. The maximum atomic E-state index is 11.9. The van der Waals surface area contributed by atoms with Gasteiger partial charge in [0.05, 0.1) is 5.01 Å². The highest BCUT2D eigenvalue weighted by molar-refractivity contribution is 7.09. The van der Waals surface area contributed by atoms with Crippen LogP contribution >= 0.6 is 11.3 Å². The average molecular weight is 302 g/mol. The number of thiazole rings is 1. The van der Waals surface area contributed by atoms with E-state index in [1.165, 1.54) is 11.3 Å². The van der Waals surface area contributed by atoms with Crippen LogP contribution in [0, 0.1) is 6.92 Å². The lowest BCUT2D eigenvalue weighted by Gasteiger charge is -2.15. The molecule has 1 aliphatic heterocycles. The highest BCUT2D eigenvalue weighted by Crippen LogP contribution is 2.24. The van der Waals surface area contributed by atoms with Crippen molar-refractivity contribution in [2.45, 2.75) is 19.8 Å². The van der Waals surface area contributed by atoms with Crippen LogP contribution in [0.2, 0.25) is 0 Å². The Hall–Kier alpha value is -2.21. The quantitative estimate of drug-likeness (QED) is 0.646. The van der Waals surface area contributed by atoms with Crippen LogP contribution in [0.25, 0.3) is 0 Å². The minimum atomic E-state index is -0.468. The number of aryl methyl sites for hydroxylation is 1. The molecule has 0 N–H and O–H groups in total. The zero-order chi connectivity index (χ0) is 14.8. The molecule has 0 spiro atoms. The Kier molecular flexibility index (Phi) is 3.70. The Morgan fingerprint density at radius 1 is 1.33 bits per heavy atom. The summed E-state index contributed by atoms with van der Waals surface area (Å²) in [5.41, 5.74) is 1.15. The van der Waals surface area contributed by atoms with Crippen LogP contribution in [-0.4, -0.2) is 23.4 Å². The normalized spacial score (nSPS) is 14.5. The number of esters is 1. The molecule has 0 unspecified atom stereocenters. The third-order valence-electron chi connectivity index (χ3n) is 3.26. The van der Waals surface area contributed by atoms with Crippen molar-refractivity contribution in [2.75, 3.05) is 11.4 Å². The summed E-state index contributed by atoms with van der Waals surface area (Å²) >= 11 is 1.41. The van der Waals surface area contributed by atoms with Gasteiger partial charge in [-0.1, -0.05) is 0 Å². The Labute approximate surface area is 126 Å². The molecule has 6 heteroatoms. The predicted molar refractivity (Wildman–Crippen MR) is 79.8 cm³/mol. The van der Waals surface area contributed by atoms with E-state index >= 15 is 0 Å². The summed E-state index contributed by atoms with van der Waals surface area (Å²) in [6.45, 7) is 2.58. The second kappa shape index (κ2) is 5.65. The summed E-state index contributed by atoms with van der Waals surface area (Å²) in [4.78, 5) is 29.4. The molecule has 2 heterocycles. The van der Waals surface area contributed by atoms with Crippen molar-refractivity contribution in [3.8, 4) is 5.75 Å². The molecule has 0 radical (unpaired) electrons. The number of rotatable bonds is 3. The number of amides is 1. The van der Waals surface area contributed by atoms with Gasteiger partial charge >= 0.3 is 5.97 Å². The van der Waals surface area contributed by atoms with Crippen LogP contribution in [0.1, 0.15) is 28.3 Å². The van der Waals surface area contributed by atoms with E-state index in [0.717, 1.165) is 23.7 Å². The Morgan fingerprint density at radius 2 is 2.10 bits per heavy atom. The van der Waals surface area contributed by atoms with Crippen LogP contribution in [-0.2, 0) is 4.79 Å². The molecule has 2 aromatic rings. The number of aromatic nitrogens is 1. The Morgan fingerprint density at radius 3 is 2.67 bits per heavy atom. The smallest absolute Gasteiger partial charge is 0.363 e. The first-order chi connectivity index (χ1) is 10.1. The lowest BCUT2D eigenvalue weighted by molar-refractivity contribution is -0.117. The molecule has 1 aromatic carbocycles. The molecular formula is C15H14N2O3S. The maximum absolute atomic E-state index is 11.9. The van der Waals surface area contributed by atoms with E-state index < -0.39 is 5.97 Å². The molecule has 1 aliphatic rings. The fourth-order valence-corrected chi connectivity index (χ4v) is 2.81. The lowest BCUT2D eigenvalue weighted by atomic mass is 10.3. The molecule has 0 atom stereocenters. The van der Waals surface area contributed by atoms with E-state index in [0.29, 0.717) is 17.9 Å². The van der Waals surface area contributed by atoms with Crippen molar-refractivity contribution in [3.05, 3.63) is 40.3 Å². The molecule has 0 saturated carbocycles. The van der Waals surface area contributed by atoms with Gasteiger partial charge < -0.3 is 9.64 Å². The average Bonchev–Trinajstić information content (AvgIpc) is 3.08. The first-order valence-corrected chi connectivity index (χ1v) is 7.56. The first kappa shape index (κ1) is 13.8. The van der Waals surface area contributed by atoms with Crippen LogP contribution in [0.3, 0.4) is 0 Å².